The lowest BCUT2D eigenvalue weighted by atomic mass is 10.0. The van der Waals surface area contributed by atoms with E-state index in [4.69, 9.17) is 16.3 Å². The normalized spacial score (nSPS) is 17.2. The highest BCUT2D eigenvalue weighted by Gasteiger charge is 2.35. The largest absolute Gasteiger partial charge is 0.465 e. The Hall–Kier alpha value is -1.61. The molecule has 4 rings (SSSR count). The average molecular weight is 441 g/mol. The van der Waals surface area contributed by atoms with Gasteiger partial charge < -0.3 is 4.74 Å². The maximum Gasteiger partial charge on any atom is 0.340 e. The molecule has 2 heterocycles. The molecule has 1 aromatic heterocycles. The van der Waals surface area contributed by atoms with E-state index < -0.39 is 16.0 Å². The Labute approximate surface area is 173 Å². The number of rotatable bonds is 6. The lowest BCUT2D eigenvalue weighted by Gasteiger charge is -2.26. The van der Waals surface area contributed by atoms with Gasteiger partial charge in [-0.05, 0) is 55.0 Å². The number of sulfonamides is 1. The molecule has 9 heteroatoms. The number of fused-ring (bicyclic) bond motifs is 1. The lowest BCUT2D eigenvalue weighted by Crippen LogP contribution is -2.32. The third kappa shape index (κ3) is 4.05. The Morgan fingerprint density at radius 3 is 2.68 bits per heavy atom. The van der Waals surface area contributed by atoms with E-state index in [0.717, 1.165) is 29.4 Å². The van der Waals surface area contributed by atoms with Gasteiger partial charge in [0.15, 0.2) is 4.21 Å². The van der Waals surface area contributed by atoms with Gasteiger partial charge in [-0.15, -0.1) is 11.3 Å². The standard InChI is InChI=1S/C19H21ClN2O4S2/c1-26-18(23)17-15-8-9-22(10-12-2-3-12)11-16(15)27-19(17)28(24,25)21-14-6-4-13(20)5-7-14/h4-7,12,21H,2-3,8-11H2,1H3. The summed E-state index contributed by atoms with van der Waals surface area (Å²) in [5.74, 6) is 0.154. The second-order valence-electron chi connectivity index (χ2n) is 7.20. The van der Waals surface area contributed by atoms with Crippen molar-refractivity contribution in [1.82, 2.24) is 4.90 Å². The first-order valence-corrected chi connectivity index (χ1v) is 11.8. The van der Waals surface area contributed by atoms with Crippen LogP contribution in [0.3, 0.4) is 0 Å². The molecule has 1 aliphatic heterocycles. The number of carbonyl (C=O) groups is 1. The fourth-order valence-electron chi connectivity index (χ4n) is 3.47. The molecule has 0 amide bonds. The number of methoxy groups -OCH3 is 1. The smallest absolute Gasteiger partial charge is 0.340 e. The van der Waals surface area contributed by atoms with Crippen molar-refractivity contribution in [2.75, 3.05) is 24.9 Å². The minimum absolute atomic E-state index is 0.0209. The summed E-state index contributed by atoms with van der Waals surface area (Å²) in [4.78, 5) is 15.7. The molecular weight excluding hydrogens is 420 g/mol. The van der Waals surface area contributed by atoms with E-state index in [1.807, 2.05) is 0 Å². The van der Waals surface area contributed by atoms with Gasteiger partial charge in [-0.3, -0.25) is 9.62 Å². The van der Waals surface area contributed by atoms with Crippen molar-refractivity contribution < 1.29 is 17.9 Å². The number of thiophene rings is 1. The molecule has 1 aliphatic carbocycles. The Morgan fingerprint density at radius 1 is 1.32 bits per heavy atom. The molecule has 0 atom stereocenters. The van der Waals surface area contributed by atoms with Crippen molar-refractivity contribution in [3.63, 3.8) is 0 Å². The van der Waals surface area contributed by atoms with E-state index >= 15 is 0 Å². The number of hydrogen-bond acceptors (Lipinski definition) is 6. The molecule has 1 fully saturated rings. The molecular formula is C19H21ClN2O4S2. The fourth-order valence-corrected chi connectivity index (χ4v) is 6.58. The number of nitrogens with zero attached hydrogens (tertiary/aromatic N) is 1. The van der Waals surface area contributed by atoms with Crippen LogP contribution in [-0.2, 0) is 27.7 Å². The molecule has 1 aromatic carbocycles. The summed E-state index contributed by atoms with van der Waals surface area (Å²) in [6, 6.07) is 6.39. The van der Waals surface area contributed by atoms with Crippen LogP contribution in [0.15, 0.2) is 28.5 Å². The molecule has 0 unspecified atom stereocenters. The van der Waals surface area contributed by atoms with Crippen molar-refractivity contribution >= 4 is 44.6 Å². The molecule has 1 N–H and O–H groups in total. The summed E-state index contributed by atoms with van der Waals surface area (Å²) in [6.07, 6.45) is 3.19. The number of carbonyl (C=O) groups excluding carboxylic acids is 1. The summed E-state index contributed by atoms with van der Waals surface area (Å²) in [5, 5.41) is 0.514. The predicted molar refractivity (Wildman–Crippen MR) is 110 cm³/mol. The van der Waals surface area contributed by atoms with E-state index in [-0.39, 0.29) is 9.77 Å². The van der Waals surface area contributed by atoms with Crippen LogP contribution in [-0.4, -0.2) is 39.5 Å². The van der Waals surface area contributed by atoms with Crippen LogP contribution < -0.4 is 4.72 Å². The van der Waals surface area contributed by atoms with E-state index in [9.17, 15) is 13.2 Å². The van der Waals surface area contributed by atoms with Crippen LogP contribution in [0.5, 0.6) is 0 Å². The van der Waals surface area contributed by atoms with Crippen LogP contribution in [0.4, 0.5) is 5.69 Å². The zero-order valence-corrected chi connectivity index (χ0v) is 17.8. The number of nitrogens with one attached hydrogen (secondary N) is 1. The molecule has 0 bridgehead atoms. The summed E-state index contributed by atoms with van der Waals surface area (Å²) in [6.45, 7) is 2.54. The van der Waals surface area contributed by atoms with Gasteiger partial charge in [0.05, 0.1) is 12.7 Å². The maximum absolute atomic E-state index is 13.1. The van der Waals surface area contributed by atoms with Gasteiger partial charge in [-0.2, -0.15) is 0 Å². The minimum atomic E-state index is -3.93. The molecule has 1 saturated carbocycles. The zero-order chi connectivity index (χ0) is 19.9. The van der Waals surface area contributed by atoms with Gasteiger partial charge >= 0.3 is 5.97 Å². The van der Waals surface area contributed by atoms with Gasteiger partial charge in [0, 0.05) is 35.2 Å². The zero-order valence-electron chi connectivity index (χ0n) is 15.4. The van der Waals surface area contributed by atoms with Crippen LogP contribution in [0.25, 0.3) is 0 Å². The monoisotopic (exact) mass is 440 g/mol. The minimum Gasteiger partial charge on any atom is -0.465 e. The highest BCUT2D eigenvalue weighted by molar-refractivity contribution is 7.94. The Bertz CT molecular complexity index is 998. The second-order valence-corrected chi connectivity index (χ2v) is 10.6. The summed E-state index contributed by atoms with van der Waals surface area (Å²) < 4.78 is 33.6. The molecule has 0 spiro atoms. The summed E-state index contributed by atoms with van der Waals surface area (Å²) in [5.41, 5.74) is 1.37. The highest BCUT2D eigenvalue weighted by atomic mass is 35.5. The number of halogens is 1. The van der Waals surface area contributed by atoms with Crippen LogP contribution >= 0.6 is 22.9 Å². The summed E-state index contributed by atoms with van der Waals surface area (Å²) >= 11 is 7.03. The number of ether oxygens (including phenoxy) is 1. The van der Waals surface area contributed by atoms with Gasteiger partial charge in [0.1, 0.15) is 0 Å². The molecule has 150 valence electrons. The molecule has 0 radical (unpaired) electrons. The Morgan fingerprint density at radius 2 is 2.04 bits per heavy atom. The van der Waals surface area contributed by atoms with Gasteiger partial charge in [-0.1, -0.05) is 11.6 Å². The summed E-state index contributed by atoms with van der Waals surface area (Å²) in [7, 11) is -2.65. The predicted octanol–water partition coefficient (Wildman–Crippen LogP) is 3.76. The fraction of sp³-hybridized carbons (Fsp3) is 0.421. The molecule has 2 aliphatic rings. The van der Waals surface area contributed by atoms with Crippen molar-refractivity contribution in [2.24, 2.45) is 5.92 Å². The second kappa shape index (κ2) is 7.67. The molecule has 2 aromatic rings. The maximum atomic E-state index is 13.1. The average Bonchev–Trinajstić information content (AvgIpc) is 3.39. The third-order valence-electron chi connectivity index (χ3n) is 5.05. The Balaban J connectivity index is 1.68. The van der Waals surface area contributed by atoms with E-state index in [1.54, 1.807) is 24.3 Å². The SMILES string of the molecule is COC(=O)c1c(S(=O)(=O)Nc2ccc(Cl)cc2)sc2c1CCN(CC1CC1)C2. The number of benzene rings is 1. The van der Waals surface area contributed by atoms with E-state index in [0.29, 0.717) is 23.7 Å². The van der Waals surface area contributed by atoms with Crippen molar-refractivity contribution in [1.29, 1.82) is 0 Å². The molecule has 28 heavy (non-hydrogen) atoms. The van der Waals surface area contributed by atoms with Gasteiger partial charge in [0.25, 0.3) is 10.0 Å². The van der Waals surface area contributed by atoms with Crippen molar-refractivity contribution in [3.8, 4) is 0 Å². The van der Waals surface area contributed by atoms with Crippen LogP contribution in [0.1, 0.15) is 33.6 Å². The molecule has 6 nitrogen and oxygen atoms in total. The van der Waals surface area contributed by atoms with E-state index in [1.165, 1.54) is 31.3 Å². The topological polar surface area (TPSA) is 75.7 Å². The van der Waals surface area contributed by atoms with Crippen molar-refractivity contribution in [3.05, 3.63) is 45.3 Å². The van der Waals surface area contributed by atoms with Crippen LogP contribution in [0.2, 0.25) is 5.02 Å². The number of anilines is 1. The van der Waals surface area contributed by atoms with Crippen molar-refractivity contribution in [2.45, 2.75) is 30.0 Å². The first-order valence-electron chi connectivity index (χ1n) is 9.11. The quantitative estimate of drug-likeness (QED) is 0.692. The van der Waals surface area contributed by atoms with E-state index in [2.05, 4.69) is 9.62 Å². The Kier molecular flexibility index (Phi) is 5.39. The number of esters is 1. The number of hydrogen-bond donors (Lipinski definition) is 1. The van der Waals surface area contributed by atoms with Crippen LogP contribution in [0, 0.1) is 5.92 Å². The van der Waals surface area contributed by atoms with Gasteiger partial charge in [-0.25, -0.2) is 13.2 Å². The third-order valence-corrected chi connectivity index (χ3v) is 8.42. The first kappa shape index (κ1) is 19.7. The first-order chi connectivity index (χ1) is 13.4. The lowest BCUT2D eigenvalue weighted by molar-refractivity contribution is 0.0595. The molecule has 0 saturated heterocycles. The van der Waals surface area contributed by atoms with Gasteiger partial charge in [0.2, 0.25) is 0 Å². The highest BCUT2D eigenvalue weighted by Crippen LogP contribution is 2.39.